The number of hydrogen-bond acceptors (Lipinski definition) is 3. The average Bonchev–Trinajstić information content (AvgIpc) is 2.29. The number of unbranched alkanes of at least 4 members (excludes halogenated alkanes) is 2. The smallest absolute Gasteiger partial charge is 0.303 e. The van der Waals surface area contributed by atoms with E-state index in [-0.39, 0.29) is 12.3 Å². The lowest BCUT2D eigenvalue weighted by Crippen LogP contribution is -2.29. The Hall–Kier alpha value is -1.65. The molecule has 1 rings (SSSR count). The fourth-order valence-electron chi connectivity index (χ4n) is 1.53. The number of nitrogens with zero attached hydrogens (tertiary/aromatic N) is 1. The summed E-state index contributed by atoms with van der Waals surface area (Å²) in [6, 6.07) is 0. The highest BCUT2D eigenvalue weighted by Gasteiger charge is 2.05. The molecule has 1 amide bonds. The van der Waals surface area contributed by atoms with Crippen molar-refractivity contribution in [2.75, 3.05) is 6.54 Å². The van der Waals surface area contributed by atoms with Gasteiger partial charge in [-0.25, -0.2) is 0 Å². The van der Waals surface area contributed by atoms with Gasteiger partial charge < -0.3 is 10.4 Å². The first-order valence-corrected chi connectivity index (χ1v) is 5.91. The van der Waals surface area contributed by atoms with Crippen LogP contribution in [0.25, 0.3) is 0 Å². The number of carboxylic acid groups (broad SMARTS) is 1. The molecule has 1 aliphatic heterocycles. The van der Waals surface area contributed by atoms with Gasteiger partial charge in [-0.05, 0) is 25.3 Å². The van der Waals surface area contributed by atoms with Crippen LogP contribution in [0.1, 0.15) is 38.5 Å². The number of carboxylic acids is 1. The highest BCUT2D eigenvalue weighted by atomic mass is 16.4. The van der Waals surface area contributed by atoms with E-state index in [2.05, 4.69) is 10.3 Å². The third kappa shape index (κ3) is 6.50. The zero-order valence-electron chi connectivity index (χ0n) is 9.82. The van der Waals surface area contributed by atoms with Crippen LogP contribution in [-0.2, 0) is 9.59 Å². The van der Waals surface area contributed by atoms with Crippen molar-refractivity contribution in [3.8, 4) is 0 Å². The van der Waals surface area contributed by atoms with Crippen LogP contribution in [0.15, 0.2) is 17.1 Å². The van der Waals surface area contributed by atoms with E-state index in [1.165, 1.54) is 0 Å². The number of carbonyl (C=O) groups excluding carboxylic acids is 1. The maximum Gasteiger partial charge on any atom is 0.303 e. The summed E-state index contributed by atoms with van der Waals surface area (Å²) in [5.74, 6) is -0.200. The minimum Gasteiger partial charge on any atom is -0.481 e. The molecule has 0 saturated heterocycles. The number of amidine groups is 1. The Morgan fingerprint density at radius 1 is 1.29 bits per heavy atom. The fourth-order valence-corrected chi connectivity index (χ4v) is 1.53. The summed E-state index contributed by atoms with van der Waals surface area (Å²) in [7, 11) is 0. The lowest BCUT2D eigenvalue weighted by Gasteiger charge is -2.07. The van der Waals surface area contributed by atoms with Crippen molar-refractivity contribution in [2.45, 2.75) is 38.5 Å². The number of dihydropyridines is 1. The van der Waals surface area contributed by atoms with Crippen LogP contribution in [-0.4, -0.2) is 29.4 Å². The van der Waals surface area contributed by atoms with Gasteiger partial charge in [0.15, 0.2) is 0 Å². The van der Waals surface area contributed by atoms with E-state index in [9.17, 15) is 9.59 Å². The fraction of sp³-hybridized carbons (Fsp3) is 0.583. The predicted octanol–water partition coefficient (Wildman–Crippen LogP) is 1.50. The van der Waals surface area contributed by atoms with Crippen molar-refractivity contribution >= 4 is 17.7 Å². The number of carbonyl (C=O) groups is 2. The number of amides is 1. The first kappa shape index (κ1) is 13.4. The largest absolute Gasteiger partial charge is 0.481 e. The van der Waals surface area contributed by atoms with E-state index >= 15 is 0 Å². The highest BCUT2D eigenvalue weighted by molar-refractivity contribution is 6.04. The van der Waals surface area contributed by atoms with E-state index in [1.807, 2.05) is 12.2 Å². The van der Waals surface area contributed by atoms with E-state index < -0.39 is 5.97 Å². The van der Waals surface area contributed by atoms with Crippen molar-refractivity contribution in [1.29, 1.82) is 0 Å². The molecule has 0 fully saturated rings. The summed E-state index contributed by atoms with van der Waals surface area (Å²) >= 11 is 0. The lowest BCUT2D eigenvalue weighted by atomic mass is 10.1. The van der Waals surface area contributed by atoms with Crippen LogP contribution >= 0.6 is 0 Å². The first-order valence-electron chi connectivity index (χ1n) is 5.91. The van der Waals surface area contributed by atoms with Crippen LogP contribution in [0.4, 0.5) is 0 Å². The maximum absolute atomic E-state index is 11.5. The SMILES string of the molecule is O=C(O)CCCCCC(=O)NC1=NCCC=C1. The third-order valence-corrected chi connectivity index (χ3v) is 2.42. The zero-order chi connectivity index (χ0) is 12.5. The number of aliphatic carboxylic acids is 1. The Morgan fingerprint density at radius 3 is 2.71 bits per heavy atom. The summed E-state index contributed by atoms with van der Waals surface area (Å²) in [5.41, 5.74) is 0. The number of aliphatic imine (C=N–C) groups is 1. The molecule has 0 spiro atoms. The minimum atomic E-state index is -0.781. The molecule has 0 aromatic rings. The van der Waals surface area contributed by atoms with Crippen molar-refractivity contribution in [2.24, 2.45) is 4.99 Å². The Labute approximate surface area is 101 Å². The average molecular weight is 238 g/mol. The van der Waals surface area contributed by atoms with Crippen molar-refractivity contribution in [3.05, 3.63) is 12.2 Å². The third-order valence-electron chi connectivity index (χ3n) is 2.42. The molecule has 1 heterocycles. The molecule has 94 valence electrons. The first-order chi connectivity index (χ1) is 8.18. The molecular formula is C12H18N2O3. The number of nitrogens with one attached hydrogen (secondary N) is 1. The second-order valence-corrected chi connectivity index (χ2v) is 3.96. The summed E-state index contributed by atoms with van der Waals surface area (Å²) in [6.07, 6.45) is 7.43. The molecule has 0 aromatic heterocycles. The molecule has 1 aliphatic rings. The van der Waals surface area contributed by atoms with Crippen LogP contribution in [0.3, 0.4) is 0 Å². The van der Waals surface area contributed by atoms with E-state index in [0.29, 0.717) is 18.7 Å². The Balaban J connectivity index is 2.07. The lowest BCUT2D eigenvalue weighted by molar-refractivity contribution is -0.137. The van der Waals surface area contributed by atoms with Gasteiger partial charge in [0.05, 0.1) is 0 Å². The quantitative estimate of drug-likeness (QED) is 0.688. The van der Waals surface area contributed by atoms with Crippen molar-refractivity contribution < 1.29 is 14.7 Å². The minimum absolute atomic E-state index is 0.0503. The van der Waals surface area contributed by atoms with Crippen LogP contribution < -0.4 is 5.32 Å². The van der Waals surface area contributed by atoms with Gasteiger partial charge in [-0.1, -0.05) is 12.5 Å². The Bertz CT molecular complexity index is 335. The second kappa shape index (κ2) is 7.60. The van der Waals surface area contributed by atoms with E-state index in [4.69, 9.17) is 5.11 Å². The predicted molar refractivity (Wildman–Crippen MR) is 64.9 cm³/mol. The van der Waals surface area contributed by atoms with Gasteiger partial charge in [0.25, 0.3) is 0 Å². The summed E-state index contributed by atoms with van der Waals surface area (Å²) < 4.78 is 0. The van der Waals surface area contributed by atoms with E-state index in [1.54, 1.807) is 0 Å². The van der Waals surface area contributed by atoms with Crippen molar-refractivity contribution in [1.82, 2.24) is 5.32 Å². The molecule has 5 nitrogen and oxygen atoms in total. The van der Waals surface area contributed by atoms with Gasteiger partial charge in [-0.3, -0.25) is 14.6 Å². The Morgan fingerprint density at radius 2 is 2.06 bits per heavy atom. The molecule has 0 atom stereocenters. The van der Waals surface area contributed by atoms with E-state index in [0.717, 1.165) is 25.8 Å². The topological polar surface area (TPSA) is 78.8 Å². The maximum atomic E-state index is 11.5. The zero-order valence-corrected chi connectivity index (χ0v) is 9.82. The Kier molecular flexibility index (Phi) is 5.99. The second-order valence-electron chi connectivity index (χ2n) is 3.96. The molecule has 5 heteroatoms. The van der Waals surface area contributed by atoms with Crippen LogP contribution in [0.2, 0.25) is 0 Å². The van der Waals surface area contributed by atoms with Crippen molar-refractivity contribution in [3.63, 3.8) is 0 Å². The van der Waals surface area contributed by atoms with Gasteiger partial charge in [0, 0.05) is 19.4 Å². The molecular weight excluding hydrogens is 220 g/mol. The van der Waals surface area contributed by atoms with Crippen LogP contribution in [0, 0.1) is 0 Å². The number of rotatable bonds is 6. The van der Waals surface area contributed by atoms with Gasteiger partial charge in [0.1, 0.15) is 5.84 Å². The summed E-state index contributed by atoms with van der Waals surface area (Å²) in [6.45, 7) is 0.727. The van der Waals surface area contributed by atoms with Gasteiger partial charge in [-0.2, -0.15) is 0 Å². The number of hydrogen-bond donors (Lipinski definition) is 2. The molecule has 0 saturated carbocycles. The van der Waals surface area contributed by atoms with Gasteiger partial charge >= 0.3 is 5.97 Å². The van der Waals surface area contributed by atoms with Crippen LogP contribution in [0.5, 0.6) is 0 Å². The molecule has 0 aliphatic carbocycles. The van der Waals surface area contributed by atoms with Gasteiger partial charge in [0.2, 0.25) is 5.91 Å². The molecule has 17 heavy (non-hydrogen) atoms. The highest BCUT2D eigenvalue weighted by Crippen LogP contribution is 2.03. The standard InChI is InChI=1S/C12H18N2O3/c15-11(7-2-1-3-8-12(16)17)14-10-6-4-5-9-13-10/h4,6H,1-3,5,7-9H2,(H,16,17)(H,13,14,15). The van der Waals surface area contributed by atoms with Gasteiger partial charge in [-0.15, -0.1) is 0 Å². The molecule has 0 unspecified atom stereocenters. The molecule has 0 aromatic carbocycles. The summed E-state index contributed by atoms with van der Waals surface area (Å²) in [4.78, 5) is 25.9. The monoisotopic (exact) mass is 238 g/mol. The normalized spacial score (nSPS) is 14.2. The molecule has 0 bridgehead atoms. The molecule has 2 N–H and O–H groups in total. The molecule has 0 radical (unpaired) electrons. The summed E-state index contributed by atoms with van der Waals surface area (Å²) in [5, 5.41) is 11.2.